The molecule has 1 atom stereocenters. The maximum Gasteiger partial charge on any atom is 0.270 e. The number of nitro groups is 1. The van der Waals surface area contributed by atoms with E-state index in [0.29, 0.717) is 19.4 Å². The van der Waals surface area contributed by atoms with Gasteiger partial charge in [-0.3, -0.25) is 19.7 Å². The van der Waals surface area contributed by atoms with Crippen molar-refractivity contribution in [1.82, 2.24) is 4.90 Å². The molecule has 1 aliphatic heterocycles. The summed E-state index contributed by atoms with van der Waals surface area (Å²) in [5.41, 5.74) is 5.13. The van der Waals surface area contributed by atoms with Crippen molar-refractivity contribution in [2.24, 2.45) is 11.7 Å². The third-order valence-corrected chi connectivity index (χ3v) is 3.83. The summed E-state index contributed by atoms with van der Waals surface area (Å²) in [6.45, 7) is 0.689. The largest absolute Gasteiger partial charge is 0.369 e. The van der Waals surface area contributed by atoms with E-state index >= 15 is 0 Å². The lowest BCUT2D eigenvalue weighted by molar-refractivity contribution is -0.384. The number of likely N-dealkylation sites (tertiary alicyclic amines) is 1. The first-order valence-electron chi connectivity index (χ1n) is 6.42. The molecule has 0 spiro atoms. The molecule has 1 aliphatic rings. The molecule has 1 heterocycles. The Balaban J connectivity index is 2.25. The summed E-state index contributed by atoms with van der Waals surface area (Å²) in [4.78, 5) is 35.3. The van der Waals surface area contributed by atoms with Crippen LogP contribution in [0, 0.1) is 16.0 Å². The predicted molar refractivity (Wildman–Crippen MR) is 75.9 cm³/mol. The number of hydrogen-bond donors (Lipinski definition) is 1. The number of carbonyl (C=O) groups excluding carboxylic acids is 2. The molecule has 2 N–H and O–H groups in total. The van der Waals surface area contributed by atoms with Crippen LogP contribution in [0.15, 0.2) is 18.2 Å². The van der Waals surface area contributed by atoms with E-state index in [0.717, 1.165) is 6.07 Å². The molecule has 0 aliphatic carbocycles. The summed E-state index contributed by atoms with van der Waals surface area (Å²) in [5.74, 6) is -1.26. The molecule has 0 radical (unpaired) electrons. The highest BCUT2D eigenvalue weighted by Crippen LogP contribution is 2.25. The summed E-state index contributed by atoms with van der Waals surface area (Å²) < 4.78 is 0. The van der Waals surface area contributed by atoms with Crippen molar-refractivity contribution in [3.63, 3.8) is 0 Å². The van der Waals surface area contributed by atoms with Gasteiger partial charge in [0.2, 0.25) is 5.91 Å². The number of nitrogens with zero attached hydrogens (tertiary/aromatic N) is 2. The van der Waals surface area contributed by atoms with Gasteiger partial charge in [0.25, 0.3) is 11.6 Å². The first-order chi connectivity index (χ1) is 9.90. The van der Waals surface area contributed by atoms with Crippen LogP contribution in [0.25, 0.3) is 0 Å². The second-order valence-corrected chi connectivity index (χ2v) is 5.32. The van der Waals surface area contributed by atoms with E-state index in [4.69, 9.17) is 17.3 Å². The van der Waals surface area contributed by atoms with Crippen LogP contribution >= 0.6 is 11.6 Å². The van der Waals surface area contributed by atoms with Crippen molar-refractivity contribution in [3.05, 3.63) is 38.9 Å². The predicted octanol–water partition coefficient (Wildman–Crippen LogP) is 1.59. The number of hydrogen-bond acceptors (Lipinski definition) is 4. The van der Waals surface area contributed by atoms with Gasteiger partial charge in [-0.2, -0.15) is 0 Å². The van der Waals surface area contributed by atoms with E-state index in [2.05, 4.69) is 0 Å². The minimum absolute atomic E-state index is 0.0657. The SMILES string of the molecule is NC(=O)C1CCCN(C(=O)c2cc([N+](=O)[O-])ccc2Cl)C1. The lowest BCUT2D eigenvalue weighted by atomic mass is 9.97. The van der Waals surface area contributed by atoms with Crippen LogP contribution < -0.4 is 5.73 Å². The van der Waals surface area contributed by atoms with E-state index in [9.17, 15) is 19.7 Å². The molecule has 112 valence electrons. The Kier molecular flexibility index (Phi) is 4.42. The second-order valence-electron chi connectivity index (χ2n) is 4.91. The molecule has 1 aromatic rings. The van der Waals surface area contributed by atoms with Gasteiger partial charge in [-0.05, 0) is 18.9 Å². The topological polar surface area (TPSA) is 107 Å². The Morgan fingerprint density at radius 3 is 2.76 bits per heavy atom. The molecular formula is C13H14ClN3O4. The fraction of sp³-hybridized carbons (Fsp3) is 0.385. The van der Waals surface area contributed by atoms with Gasteiger partial charge in [0.1, 0.15) is 0 Å². The molecule has 8 heteroatoms. The van der Waals surface area contributed by atoms with Crippen molar-refractivity contribution >= 4 is 29.1 Å². The highest BCUT2D eigenvalue weighted by molar-refractivity contribution is 6.33. The van der Waals surface area contributed by atoms with E-state index in [1.165, 1.54) is 17.0 Å². The lowest BCUT2D eigenvalue weighted by Gasteiger charge is -2.31. The minimum atomic E-state index is -0.588. The quantitative estimate of drug-likeness (QED) is 0.675. The number of non-ortho nitro benzene ring substituents is 1. The summed E-state index contributed by atoms with van der Waals surface area (Å²) >= 11 is 5.95. The standard InChI is InChI=1S/C13H14ClN3O4/c14-11-4-3-9(17(20)21)6-10(11)13(19)16-5-1-2-8(7-16)12(15)18/h3-4,6,8H,1-2,5,7H2,(H2,15,18). The fourth-order valence-corrected chi connectivity index (χ4v) is 2.55. The van der Waals surface area contributed by atoms with Crippen LogP contribution in [0.1, 0.15) is 23.2 Å². The molecule has 1 saturated heterocycles. The number of amides is 2. The van der Waals surface area contributed by atoms with Crippen LogP contribution in [0.3, 0.4) is 0 Å². The Morgan fingerprint density at radius 2 is 2.14 bits per heavy atom. The number of piperidine rings is 1. The average Bonchev–Trinajstić information content (AvgIpc) is 2.47. The summed E-state index contributed by atoms with van der Waals surface area (Å²) in [6.07, 6.45) is 1.30. The van der Waals surface area contributed by atoms with Gasteiger partial charge in [-0.1, -0.05) is 11.6 Å². The third kappa shape index (κ3) is 3.30. The molecule has 2 amide bonds. The first-order valence-corrected chi connectivity index (χ1v) is 6.80. The van der Waals surface area contributed by atoms with E-state index < -0.39 is 16.7 Å². The molecule has 1 fully saturated rings. The number of nitrogens with two attached hydrogens (primary N) is 1. The fourth-order valence-electron chi connectivity index (χ4n) is 2.35. The highest BCUT2D eigenvalue weighted by Gasteiger charge is 2.29. The number of rotatable bonds is 3. The average molecular weight is 312 g/mol. The van der Waals surface area contributed by atoms with Crippen molar-refractivity contribution in [3.8, 4) is 0 Å². The number of nitro benzene ring substituents is 1. The van der Waals surface area contributed by atoms with Crippen molar-refractivity contribution in [2.75, 3.05) is 13.1 Å². The minimum Gasteiger partial charge on any atom is -0.369 e. The molecule has 0 aromatic heterocycles. The van der Waals surface area contributed by atoms with Gasteiger partial charge >= 0.3 is 0 Å². The Bertz CT molecular complexity index is 605. The molecule has 1 aromatic carbocycles. The molecule has 2 rings (SSSR count). The number of benzene rings is 1. The Labute approximate surface area is 125 Å². The van der Waals surface area contributed by atoms with Crippen LogP contribution in [-0.2, 0) is 4.79 Å². The van der Waals surface area contributed by atoms with E-state index in [1.807, 2.05) is 0 Å². The summed E-state index contributed by atoms with van der Waals surface area (Å²) in [6, 6.07) is 3.71. The highest BCUT2D eigenvalue weighted by atomic mass is 35.5. The number of carbonyl (C=O) groups is 2. The van der Waals surface area contributed by atoms with Gasteiger partial charge in [0, 0.05) is 25.2 Å². The van der Waals surface area contributed by atoms with Crippen molar-refractivity contribution in [1.29, 1.82) is 0 Å². The van der Waals surface area contributed by atoms with Gasteiger partial charge in [0.05, 0.1) is 21.4 Å². The molecular weight excluding hydrogens is 298 g/mol. The molecule has 0 saturated carbocycles. The monoisotopic (exact) mass is 311 g/mol. The second kappa shape index (κ2) is 6.09. The summed E-state index contributed by atoms with van der Waals surface area (Å²) in [5, 5.41) is 10.9. The third-order valence-electron chi connectivity index (χ3n) is 3.50. The normalized spacial score (nSPS) is 18.3. The maximum absolute atomic E-state index is 12.4. The van der Waals surface area contributed by atoms with Gasteiger partial charge in [0.15, 0.2) is 0 Å². The van der Waals surface area contributed by atoms with Gasteiger partial charge < -0.3 is 10.6 Å². The Morgan fingerprint density at radius 1 is 1.43 bits per heavy atom. The van der Waals surface area contributed by atoms with Gasteiger partial charge in [-0.25, -0.2) is 0 Å². The number of primary amides is 1. The van der Waals surface area contributed by atoms with Crippen LogP contribution in [0.2, 0.25) is 5.02 Å². The zero-order valence-electron chi connectivity index (χ0n) is 11.1. The molecule has 21 heavy (non-hydrogen) atoms. The maximum atomic E-state index is 12.4. The van der Waals surface area contributed by atoms with Crippen LogP contribution in [0.4, 0.5) is 5.69 Å². The van der Waals surface area contributed by atoms with Crippen molar-refractivity contribution in [2.45, 2.75) is 12.8 Å². The smallest absolute Gasteiger partial charge is 0.270 e. The zero-order valence-corrected chi connectivity index (χ0v) is 11.9. The van der Waals surface area contributed by atoms with Crippen LogP contribution in [0.5, 0.6) is 0 Å². The van der Waals surface area contributed by atoms with Gasteiger partial charge in [-0.15, -0.1) is 0 Å². The summed E-state index contributed by atoms with van der Waals surface area (Å²) in [7, 11) is 0. The Hall–Kier alpha value is -2.15. The first kappa shape index (κ1) is 15.2. The van der Waals surface area contributed by atoms with E-state index in [-0.39, 0.29) is 28.7 Å². The molecule has 1 unspecified atom stereocenters. The molecule has 7 nitrogen and oxygen atoms in total. The number of halogens is 1. The van der Waals surface area contributed by atoms with E-state index in [1.54, 1.807) is 0 Å². The zero-order chi connectivity index (χ0) is 15.6. The molecule has 0 bridgehead atoms. The lowest BCUT2D eigenvalue weighted by Crippen LogP contribution is -2.44. The van der Waals surface area contributed by atoms with Crippen LogP contribution in [-0.4, -0.2) is 34.7 Å². The van der Waals surface area contributed by atoms with Crippen molar-refractivity contribution < 1.29 is 14.5 Å².